The molecule has 2 N–H and O–H groups in total. The number of aromatic nitrogens is 2. The van der Waals surface area contributed by atoms with Crippen LogP contribution in [0.15, 0.2) is 17.8 Å². The molecule has 0 saturated heterocycles. The molecule has 7 heteroatoms. The molecule has 1 atom stereocenters. The lowest BCUT2D eigenvalue weighted by atomic mass is 10.1. The summed E-state index contributed by atoms with van der Waals surface area (Å²) in [6.45, 7) is 5.68. The number of rotatable bonds is 6. The molecule has 1 aromatic rings. The van der Waals surface area contributed by atoms with Gasteiger partial charge in [0.05, 0.1) is 0 Å². The summed E-state index contributed by atoms with van der Waals surface area (Å²) in [6, 6.07) is -0.136. The second kappa shape index (κ2) is 7.29. The highest BCUT2D eigenvalue weighted by Gasteiger charge is 2.11. The van der Waals surface area contributed by atoms with Gasteiger partial charge in [0, 0.05) is 17.6 Å². The molecule has 0 aromatic carbocycles. The van der Waals surface area contributed by atoms with Crippen LogP contribution in [0.4, 0.5) is 9.93 Å². The zero-order valence-electron chi connectivity index (χ0n) is 9.90. The Kier molecular flexibility index (Phi) is 5.99. The molecule has 0 fully saturated rings. The normalized spacial score (nSPS) is 11.9. The van der Waals surface area contributed by atoms with Gasteiger partial charge in [0.25, 0.3) is 0 Å². The van der Waals surface area contributed by atoms with Crippen LogP contribution in [-0.4, -0.2) is 27.7 Å². The first kappa shape index (κ1) is 14.0. The van der Waals surface area contributed by atoms with Crippen LogP contribution in [0, 0.1) is 0 Å². The van der Waals surface area contributed by atoms with Crippen molar-refractivity contribution in [3.05, 3.63) is 12.7 Å². The molecule has 0 saturated carbocycles. The highest BCUT2D eigenvalue weighted by Crippen LogP contribution is 2.17. The minimum Gasteiger partial charge on any atom is -0.335 e. The lowest BCUT2D eigenvalue weighted by Gasteiger charge is -2.14. The van der Waals surface area contributed by atoms with Crippen molar-refractivity contribution in [3.8, 4) is 0 Å². The second-order valence-electron chi connectivity index (χ2n) is 3.31. The van der Waals surface area contributed by atoms with E-state index in [1.807, 2.05) is 13.2 Å². The van der Waals surface area contributed by atoms with Gasteiger partial charge in [-0.25, -0.2) is 4.79 Å². The highest BCUT2D eigenvalue weighted by molar-refractivity contribution is 7.98. The molecule has 1 rings (SSSR count). The first-order valence-electron chi connectivity index (χ1n) is 5.25. The molecule has 0 aliphatic heterocycles. The Bertz CT molecular complexity index is 380. The molecule has 2 amide bonds. The number of thioether (sulfide) groups is 1. The van der Waals surface area contributed by atoms with Gasteiger partial charge in [-0.1, -0.05) is 24.8 Å². The number of carbonyl (C=O) groups is 1. The van der Waals surface area contributed by atoms with Crippen molar-refractivity contribution in [1.29, 1.82) is 0 Å². The van der Waals surface area contributed by atoms with Crippen LogP contribution >= 0.6 is 23.3 Å². The van der Waals surface area contributed by atoms with E-state index in [4.69, 9.17) is 0 Å². The zero-order chi connectivity index (χ0) is 12.7. The van der Waals surface area contributed by atoms with Gasteiger partial charge in [0.2, 0.25) is 10.3 Å². The van der Waals surface area contributed by atoms with Crippen LogP contribution in [0.25, 0.3) is 0 Å². The minimum absolute atomic E-state index is 0.112. The average molecular weight is 272 g/mol. The summed E-state index contributed by atoms with van der Waals surface area (Å²) in [5, 5.41) is 6.71. The Labute approximate surface area is 109 Å². The average Bonchev–Trinajstić information content (AvgIpc) is 2.76. The first-order chi connectivity index (χ1) is 8.19. The number of amides is 2. The molecule has 0 aliphatic rings. The molecule has 0 bridgehead atoms. The summed E-state index contributed by atoms with van der Waals surface area (Å²) in [5.41, 5.74) is 0. The van der Waals surface area contributed by atoms with Crippen LogP contribution in [0.2, 0.25) is 0 Å². The maximum atomic E-state index is 11.6. The fourth-order valence-electron chi connectivity index (χ4n) is 1.19. The van der Waals surface area contributed by atoms with Crippen LogP contribution < -0.4 is 10.6 Å². The number of urea groups is 1. The topological polar surface area (TPSA) is 66.9 Å². The zero-order valence-corrected chi connectivity index (χ0v) is 11.5. The highest BCUT2D eigenvalue weighted by atomic mass is 32.2. The Morgan fingerprint density at radius 2 is 2.47 bits per heavy atom. The van der Waals surface area contributed by atoms with E-state index in [1.165, 1.54) is 23.3 Å². The number of carbonyl (C=O) groups excluding carboxylic acids is 1. The quantitative estimate of drug-likeness (QED) is 0.617. The standard InChI is InChI=1S/C10H16N4OS2/c1-4-6-7(5-2)11-8(15)12-9-13-10(16-3)14-17-9/h4,7H,1,5-6H2,2-3H3,(H2,11,12,13,14,15). The van der Waals surface area contributed by atoms with Crippen molar-refractivity contribution in [2.45, 2.75) is 31.0 Å². The van der Waals surface area contributed by atoms with Crippen LogP contribution in [0.5, 0.6) is 0 Å². The molecule has 0 aliphatic carbocycles. The largest absolute Gasteiger partial charge is 0.335 e. The van der Waals surface area contributed by atoms with Crippen LogP contribution in [0.3, 0.4) is 0 Å². The van der Waals surface area contributed by atoms with Crippen molar-refractivity contribution in [1.82, 2.24) is 14.7 Å². The molecular weight excluding hydrogens is 256 g/mol. The van der Waals surface area contributed by atoms with Gasteiger partial charge < -0.3 is 5.32 Å². The third-order valence-corrected chi connectivity index (χ3v) is 3.38. The summed E-state index contributed by atoms with van der Waals surface area (Å²) in [4.78, 5) is 15.8. The lowest BCUT2D eigenvalue weighted by molar-refractivity contribution is 0.248. The number of nitrogens with one attached hydrogen (secondary N) is 2. The van der Waals surface area contributed by atoms with E-state index in [0.717, 1.165) is 12.8 Å². The summed E-state index contributed by atoms with van der Waals surface area (Å²) in [5.74, 6) is 0. The van der Waals surface area contributed by atoms with E-state index in [2.05, 4.69) is 26.6 Å². The van der Waals surface area contributed by atoms with E-state index in [9.17, 15) is 4.79 Å². The van der Waals surface area contributed by atoms with E-state index < -0.39 is 0 Å². The smallest absolute Gasteiger partial charge is 0.321 e. The second-order valence-corrected chi connectivity index (χ2v) is 4.84. The summed E-state index contributed by atoms with van der Waals surface area (Å²) >= 11 is 2.62. The number of anilines is 1. The maximum absolute atomic E-state index is 11.6. The molecular formula is C10H16N4OS2. The molecule has 94 valence electrons. The van der Waals surface area contributed by atoms with Gasteiger partial charge in [0.15, 0.2) is 0 Å². The van der Waals surface area contributed by atoms with E-state index in [1.54, 1.807) is 6.08 Å². The van der Waals surface area contributed by atoms with Crippen LogP contribution in [-0.2, 0) is 0 Å². The third kappa shape index (κ3) is 4.74. The van der Waals surface area contributed by atoms with E-state index in [-0.39, 0.29) is 12.1 Å². The van der Waals surface area contributed by atoms with Gasteiger partial charge in [0.1, 0.15) is 0 Å². The number of nitrogens with zero attached hydrogens (tertiary/aromatic N) is 2. The Morgan fingerprint density at radius 3 is 3.00 bits per heavy atom. The fourth-order valence-corrected chi connectivity index (χ4v) is 2.31. The lowest BCUT2D eigenvalue weighted by Crippen LogP contribution is -2.37. The minimum atomic E-state index is -0.248. The number of hydrogen-bond donors (Lipinski definition) is 2. The predicted octanol–water partition coefficient (Wildman–Crippen LogP) is 2.74. The van der Waals surface area contributed by atoms with Gasteiger partial charge >= 0.3 is 6.03 Å². The number of hydrogen-bond acceptors (Lipinski definition) is 5. The molecule has 1 unspecified atom stereocenters. The van der Waals surface area contributed by atoms with Crippen LogP contribution in [0.1, 0.15) is 19.8 Å². The maximum Gasteiger partial charge on any atom is 0.321 e. The third-order valence-electron chi connectivity index (χ3n) is 2.09. The molecule has 5 nitrogen and oxygen atoms in total. The first-order valence-corrected chi connectivity index (χ1v) is 7.25. The van der Waals surface area contributed by atoms with Crippen molar-refractivity contribution in [2.24, 2.45) is 0 Å². The Hall–Kier alpha value is -1.08. The molecule has 0 radical (unpaired) electrons. The Morgan fingerprint density at radius 1 is 1.71 bits per heavy atom. The van der Waals surface area contributed by atoms with Crippen molar-refractivity contribution in [3.63, 3.8) is 0 Å². The van der Waals surface area contributed by atoms with Crippen molar-refractivity contribution >= 4 is 34.5 Å². The van der Waals surface area contributed by atoms with E-state index in [0.29, 0.717) is 10.3 Å². The molecule has 1 aromatic heterocycles. The predicted molar refractivity (Wildman–Crippen MR) is 72.7 cm³/mol. The summed E-state index contributed by atoms with van der Waals surface area (Å²) in [6.07, 6.45) is 5.32. The van der Waals surface area contributed by atoms with E-state index >= 15 is 0 Å². The van der Waals surface area contributed by atoms with Gasteiger partial charge in [-0.2, -0.15) is 9.36 Å². The molecule has 17 heavy (non-hydrogen) atoms. The van der Waals surface area contributed by atoms with Crippen molar-refractivity contribution < 1.29 is 4.79 Å². The summed E-state index contributed by atoms with van der Waals surface area (Å²) < 4.78 is 4.06. The van der Waals surface area contributed by atoms with Gasteiger partial charge in [-0.3, -0.25) is 5.32 Å². The van der Waals surface area contributed by atoms with Gasteiger partial charge in [-0.05, 0) is 19.1 Å². The monoisotopic (exact) mass is 272 g/mol. The summed E-state index contributed by atoms with van der Waals surface area (Å²) in [7, 11) is 0. The Balaban J connectivity index is 2.45. The fraction of sp³-hybridized carbons (Fsp3) is 0.500. The SMILES string of the molecule is C=CCC(CC)NC(=O)Nc1nc(SC)ns1. The molecule has 1 heterocycles. The van der Waals surface area contributed by atoms with Crippen molar-refractivity contribution in [2.75, 3.05) is 11.6 Å². The van der Waals surface area contributed by atoms with Gasteiger partial charge in [-0.15, -0.1) is 6.58 Å². The molecule has 0 spiro atoms.